The molecule has 3 rings (SSSR count). The van der Waals surface area contributed by atoms with Crippen LogP contribution in [0, 0.1) is 0 Å². The molecule has 0 bridgehead atoms. The van der Waals surface area contributed by atoms with E-state index in [0.29, 0.717) is 11.1 Å². The first-order valence-corrected chi connectivity index (χ1v) is 6.21. The van der Waals surface area contributed by atoms with E-state index >= 15 is 0 Å². The van der Waals surface area contributed by atoms with E-state index in [2.05, 4.69) is 0 Å². The summed E-state index contributed by atoms with van der Waals surface area (Å²) in [4.78, 5) is 35.7. The zero-order valence-corrected chi connectivity index (χ0v) is 10.5. The molecule has 0 saturated carbocycles. The van der Waals surface area contributed by atoms with Gasteiger partial charge >= 0.3 is 5.63 Å². The average Bonchev–Trinajstić information content (AvgIpc) is 2.76. The maximum atomic E-state index is 11.8. The molecule has 0 radical (unpaired) electrons. The second kappa shape index (κ2) is 4.77. The van der Waals surface area contributed by atoms with E-state index < -0.39 is 5.63 Å². The molecule has 1 aromatic heterocycles. The van der Waals surface area contributed by atoms with Crippen molar-refractivity contribution in [1.29, 1.82) is 0 Å². The Balaban J connectivity index is 1.98. The minimum absolute atomic E-state index is 0.218. The number of hydrogen-bond donors (Lipinski definition) is 0. The molecular formula is C15H11NO4. The molecule has 2 amide bonds. The number of likely N-dealkylation sites (tertiary alicyclic amines) is 1. The predicted molar refractivity (Wildman–Crippen MR) is 72.6 cm³/mol. The zero-order chi connectivity index (χ0) is 14.1. The van der Waals surface area contributed by atoms with Gasteiger partial charge in [-0.2, -0.15) is 0 Å². The fourth-order valence-corrected chi connectivity index (χ4v) is 2.11. The number of amides is 2. The maximum Gasteiger partial charge on any atom is 0.343 e. The van der Waals surface area contributed by atoms with Gasteiger partial charge < -0.3 is 4.42 Å². The van der Waals surface area contributed by atoms with Crippen molar-refractivity contribution in [1.82, 2.24) is 4.90 Å². The number of carbonyl (C=O) groups excluding carboxylic acids is 2. The Hall–Kier alpha value is -2.69. The van der Waals surface area contributed by atoms with Crippen LogP contribution in [0.3, 0.4) is 0 Å². The van der Waals surface area contributed by atoms with Gasteiger partial charge in [-0.1, -0.05) is 18.2 Å². The van der Waals surface area contributed by atoms with Gasteiger partial charge in [0.05, 0.1) is 5.56 Å². The van der Waals surface area contributed by atoms with E-state index in [1.54, 1.807) is 18.2 Å². The van der Waals surface area contributed by atoms with Crippen LogP contribution in [0.2, 0.25) is 0 Å². The number of rotatable bonds is 2. The predicted octanol–water partition coefficient (Wildman–Crippen LogP) is 1.91. The molecule has 0 atom stereocenters. The molecule has 5 heteroatoms. The monoisotopic (exact) mass is 269 g/mol. The van der Waals surface area contributed by atoms with Gasteiger partial charge in [0.15, 0.2) is 0 Å². The van der Waals surface area contributed by atoms with Crippen LogP contribution < -0.4 is 5.63 Å². The molecule has 20 heavy (non-hydrogen) atoms. The van der Waals surface area contributed by atoms with Crippen LogP contribution in [-0.2, 0) is 9.59 Å². The Bertz CT molecular complexity index is 772. The zero-order valence-electron chi connectivity index (χ0n) is 10.5. The van der Waals surface area contributed by atoms with E-state index in [1.807, 2.05) is 12.1 Å². The summed E-state index contributed by atoms with van der Waals surface area (Å²) in [6.45, 7) is 0. The van der Waals surface area contributed by atoms with Crippen molar-refractivity contribution in [2.24, 2.45) is 0 Å². The summed E-state index contributed by atoms with van der Waals surface area (Å²) in [5.41, 5.74) is 0.304. The number of benzene rings is 1. The number of para-hydroxylation sites is 1. The van der Waals surface area contributed by atoms with Gasteiger partial charge in [-0.05, 0) is 18.2 Å². The van der Waals surface area contributed by atoms with E-state index in [9.17, 15) is 14.4 Å². The van der Waals surface area contributed by atoms with Gasteiger partial charge in [-0.15, -0.1) is 0 Å². The lowest BCUT2D eigenvalue weighted by Gasteiger charge is -2.06. The van der Waals surface area contributed by atoms with Crippen molar-refractivity contribution < 1.29 is 14.0 Å². The van der Waals surface area contributed by atoms with Gasteiger partial charge in [-0.3, -0.25) is 14.5 Å². The molecule has 2 heterocycles. The topological polar surface area (TPSA) is 67.6 Å². The number of fused-ring (bicyclic) bond motifs is 1. The van der Waals surface area contributed by atoms with Crippen LogP contribution in [0.15, 0.2) is 45.7 Å². The largest absolute Gasteiger partial charge is 0.422 e. The van der Waals surface area contributed by atoms with Crippen molar-refractivity contribution in [3.63, 3.8) is 0 Å². The molecule has 0 spiro atoms. The summed E-state index contributed by atoms with van der Waals surface area (Å²) in [5.74, 6) is -0.507. The van der Waals surface area contributed by atoms with Crippen molar-refractivity contribution in [2.75, 3.05) is 0 Å². The molecule has 5 nitrogen and oxygen atoms in total. The Morgan fingerprint density at radius 1 is 1.05 bits per heavy atom. The van der Waals surface area contributed by atoms with Crippen molar-refractivity contribution >= 4 is 28.9 Å². The van der Waals surface area contributed by atoms with E-state index in [-0.39, 0.29) is 24.7 Å². The quantitative estimate of drug-likeness (QED) is 0.617. The second-order valence-electron chi connectivity index (χ2n) is 4.50. The van der Waals surface area contributed by atoms with Gasteiger partial charge in [0.2, 0.25) is 11.8 Å². The summed E-state index contributed by atoms with van der Waals surface area (Å²) in [6, 6.07) is 8.81. The highest BCUT2D eigenvalue weighted by atomic mass is 16.4. The molecule has 0 N–H and O–H groups in total. The Morgan fingerprint density at radius 3 is 2.50 bits per heavy atom. The molecule has 1 aliphatic heterocycles. The smallest absolute Gasteiger partial charge is 0.343 e. The number of hydrogen-bond acceptors (Lipinski definition) is 4. The van der Waals surface area contributed by atoms with Crippen molar-refractivity contribution in [3.8, 4) is 0 Å². The molecule has 1 aromatic carbocycles. The van der Waals surface area contributed by atoms with Gasteiger partial charge in [0, 0.05) is 24.4 Å². The molecule has 0 unspecified atom stereocenters. The molecule has 2 aromatic rings. The normalized spacial score (nSPS) is 15.7. The highest BCUT2D eigenvalue weighted by Crippen LogP contribution is 2.15. The maximum absolute atomic E-state index is 11.8. The van der Waals surface area contributed by atoms with Gasteiger partial charge in [-0.25, -0.2) is 4.79 Å². The highest BCUT2D eigenvalue weighted by Gasteiger charge is 2.26. The lowest BCUT2D eigenvalue weighted by Crippen LogP contribution is -2.22. The highest BCUT2D eigenvalue weighted by molar-refractivity contribution is 6.03. The molecule has 1 aliphatic rings. The van der Waals surface area contributed by atoms with Crippen LogP contribution in [0.25, 0.3) is 17.0 Å². The van der Waals surface area contributed by atoms with E-state index in [0.717, 1.165) is 10.3 Å². The van der Waals surface area contributed by atoms with Crippen LogP contribution in [0.1, 0.15) is 18.4 Å². The number of carbonyl (C=O) groups is 2. The second-order valence-corrected chi connectivity index (χ2v) is 4.50. The summed E-state index contributed by atoms with van der Waals surface area (Å²) in [7, 11) is 0. The average molecular weight is 269 g/mol. The lowest BCUT2D eigenvalue weighted by atomic mass is 10.2. The third-order valence-electron chi connectivity index (χ3n) is 3.16. The molecular weight excluding hydrogens is 258 g/mol. The van der Waals surface area contributed by atoms with Crippen LogP contribution in [0.5, 0.6) is 0 Å². The summed E-state index contributed by atoms with van der Waals surface area (Å²) >= 11 is 0. The molecule has 100 valence electrons. The molecule has 0 aliphatic carbocycles. The third-order valence-corrected chi connectivity index (χ3v) is 3.16. The van der Waals surface area contributed by atoms with E-state index in [4.69, 9.17) is 4.42 Å². The first-order valence-electron chi connectivity index (χ1n) is 6.21. The number of nitrogens with zero attached hydrogens (tertiary/aromatic N) is 1. The lowest BCUT2D eigenvalue weighted by molar-refractivity contribution is -0.135. The first kappa shape index (κ1) is 12.3. The fourth-order valence-electron chi connectivity index (χ4n) is 2.11. The number of imide groups is 1. The summed E-state index contributed by atoms with van der Waals surface area (Å²) < 4.78 is 5.17. The SMILES string of the molecule is O=C1CCC(=O)N1/C=C/c1cc2ccccc2oc1=O. The Morgan fingerprint density at radius 2 is 1.75 bits per heavy atom. The minimum atomic E-state index is -0.501. The molecule has 1 saturated heterocycles. The van der Waals surface area contributed by atoms with Crippen LogP contribution in [0.4, 0.5) is 0 Å². The molecule has 1 fully saturated rings. The third kappa shape index (κ3) is 2.14. The van der Waals surface area contributed by atoms with E-state index in [1.165, 1.54) is 12.3 Å². The Kier molecular flexibility index (Phi) is 2.95. The first-order chi connectivity index (χ1) is 9.65. The summed E-state index contributed by atoms with van der Waals surface area (Å²) in [5, 5.41) is 0.783. The van der Waals surface area contributed by atoms with Gasteiger partial charge in [0.25, 0.3) is 0 Å². The van der Waals surface area contributed by atoms with Gasteiger partial charge in [0.1, 0.15) is 5.58 Å². The van der Waals surface area contributed by atoms with Crippen LogP contribution in [-0.4, -0.2) is 16.7 Å². The minimum Gasteiger partial charge on any atom is -0.422 e. The van der Waals surface area contributed by atoms with Crippen LogP contribution >= 0.6 is 0 Å². The van der Waals surface area contributed by atoms with Crippen molar-refractivity contribution in [3.05, 3.63) is 52.5 Å². The summed E-state index contributed by atoms with van der Waals surface area (Å²) in [6.07, 6.45) is 3.20. The standard InChI is InChI=1S/C15H11NO4/c17-13-5-6-14(18)16(13)8-7-11-9-10-3-1-2-4-12(10)20-15(11)19/h1-4,7-9H,5-6H2/b8-7+. The fraction of sp³-hybridized carbons (Fsp3) is 0.133. The van der Waals surface area contributed by atoms with Crippen molar-refractivity contribution in [2.45, 2.75) is 12.8 Å². The Labute approximate surface area is 114 Å².